The average molecular weight is 785 g/mol. The maximum absolute atomic E-state index is 2.46. The Morgan fingerprint density at radius 1 is 0.305 bits per heavy atom. The van der Waals surface area contributed by atoms with Gasteiger partial charge in [0.1, 0.15) is 0 Å². The highest BCUT2D eigenvalue weighted by Gasteiger charge is 2.35. The third-order valence-electron chi connectivity index (χ3n) is 13.3. The first-order valence-electron chi connectivity index (χ1n) is 20.5. The molecule has 0 unspecified atom stereocenters. The predicted molar refractivity (Wildman–Crippen MR) is 259 cm³/mol. The molecule has 0 radical (unpaired) electrons. The van der Waals surface area contributed by atoms with E-state index in [0.717, 1.165) is 0 Å². The van der Waals surface area contributed by atoms with Crippen LogP contribution in [0.4, 0.5) is 0 Å². The van der Waals surface area contributed by atoms with Crippen LogP contribution in [-0.4, -0.2) is 0 Å². The van der Waals surface area contributed by atoms with Crippen molar-refractivity contribution in [1.29, 1.82) is 0 Å². The first-order valence-corrected chi connectivity index (χ1v) is 22.1. The van der Waals surface area contributed by atoms with Crippen molar-refractivity contribution in [2.75, 3.05) is 0 Å². The van der Waals surface area contributed by atoms with Gasteiger partial charge in [-0.3, -0.25) is 0 Å². The molecule has 12 aromatic rings. The lowest BCUT2D eigenvalue weighted by molar-refractivity contribution is 0.660. The number of fused-ring (bicyclic) bond motifs is 14. The molecule has 2 aromatic heterocycles. The van der Waals surface area contributed by atoms with Crippen molar-refractivity contribution >= 4 is 95.3 Å². The van der Waals surface area contributed by atoms with Crippen molar-refractivity contribution in [3.8, 4) is 44.5 Å². The Hall–Kier alpha value is -6.58. The molecule has 0 N–H and O–H groups in total. The second-order valence-corrected chi connectivity index (χ2v) is 18.8. The fraction of sp³-hybridized carbons (Fsp3) is 0.0526. The molecule has 0 spiro atoms. The SMILES string of the molecule is CC1(C)c2ccccc2-c2cc(-c3c4ccccc4c(-c4ccc(-c5cc6c7ccc8c9ccccc9sc8c7sc6c6ccccc56)cc4)c4ccccc34)ccc21. The fourth-order valence-corrected chi connectivity index (χ4v) is 13.2. The minimum Gasteiger partial charge on any atom is -0.134 e. The van der Waals surface area contributed by atoms with Gasteiger partial charge in [0.15, 0.2) is 0 Å². The first-order chi connectivity index (χ1) is 29.0. The molecule has 0 bridgehead atoms. The third kappa shape index (κ3) is 4.65. The highest BCUT2D eigenvalue weighted by atomic mass is 32.1. The maximum Gasteiger partial charge on any atom is 0.0534 e. The third-order valence-corrected chi connectivity index (χ3v) is 15.9. The van der Waals surface area contributed by atoms with Crippen LogP contribution in [-0.2, 0) is 5.41 Å². The average Bonchev–Trinajstić information content (AvgIpc) is 3.93. The van der Waals surface area contributed by atoms with Crippen LogP contribution in [0.2, 0.25) is 0 Å². The van der Waals surface area contributed by atoms with Crippen LogP contribution in [0.3, 0.4) is 0 Å². The Kier molecular flexibility index (Phi) is 6.92. The first kappa shape index (κ1) is 33.4. The van der Waals surface area contributed by atoms with E-state index in [1.54, 1.807) is 0 Å². The number of thiophene rings is 2. The molecular weight excluding hydrogens is 749 g/mol. The largest absolute Gasteiger partial charge is 0.134 e. The van der Waals surface area contributed by atoms with Gasteiger partial charge in [-0.25, -0.2) is 0 Å². The van der Waals surface area contributed by atoms with Crippen LogP contribution in [0.15, 0.2) is 182 Å². The van der Waals surface area contributed by atoms with E-state index in [1.807, 2.05) is 22.7 Å². The van der Waals surface area contributed by atoms with Gasteiger partial charge in [-0.05, 0) is 101 Å². The van der Waals surface area contributed by atoms with Crippen LogP contribution in [0, 0.1) is 0 Å². The number of rotatable bonds is 3. The molecule has 0 amide bonds. The van der Waals surface area contributed by atoms with E-state index in [0.29, 0.717) is 0 Å². The van der Waals surface area contributed by atoms with Gasteiger partial charge in [0.25, 0.3) is 0 Å². The molecule has 10 aromatic carbocycles. The summed E-state index contributed by atoms with van der Waals surface area (Å²) in [7, 11) is 0. The van der Waals surface area contributed by atoms with Gasteiger partial charge in [0, 0.05) is 41.7 Å². The van der Waals surface area contributed by atoms with E-state index in [2.05, 4.69) is 196 Å². The summed E-state index contributed by atoms with van der Waals surface area (Å²) in [5.41, 5.74) is 13.1. The molecule has 0 aliphatic heterocycles. The monoisotopic (exact) mass is 784 g/mol. The van der Waals surface area contributed by atoms with E-state index in [-0.39, 0.29) is 5.41 Å². The molecule has 0 atom stereocenters. The van der Waals surface area contributed by atoms with Gasteiger partial charge in [-0.1, -0.05) is 178 Å². The Morgan fingerprint density at radius 2 is 0.797 bits per heavy atom. The van der Waals surface area contributed by atoms with Crippen molar-refractivity contribution in [3.05, 3.63) is 193 Å². The summed E-state index contributed by atoms with van der Waals surface area (Å²) in [4.78, 5) is 0. The minimum atomic E-state index is -0.0213. The zero-order valence-electron chi connectivity index (χ0n) is 32.6. The number of hydrogen-bond donors (Lipinski definition) is 0. The van der Waals surface area contributed by atoms with Gasteiger partial charge >= 0.3 is 0 Å². The summed E-state index contributed by atoms with van der Waals surface area (Å²) in [6.45, 7) is 4.72. The zero-order valence-corrected chi connectivity index (χ0v) is 34.3. The normalized spacial score (nSPS) is 13.4. The Morgan fingerprint density at radius 3 is 1.51 bits per heavy atom. The highest BCUT2D eigenvalue weighted by molar-refractivity contribution is 7.34. The highest BCUT2D eigenvalue weighted by Crippen LogP contribution is 2.52. The second kappa shape index (κ2) is 12.2. The second-order valence-electron chi connectivity index (χ2n) is 16.7. The summed E-state index contributed by atoms with van der Waals surface area (Å²) in [5, 5.41) is 13.1. The van der Waals surface area contributed by atoms with E-state index < -0.39 is 0 Å². The minimum absolute atomic E-state index is 0.0213. The lowest BCUT2D eigenvalue weighted by Gasteiger charge is -2.22. The van der Waals surface area contributed by atoms with Crippen LogP contribution >= 0.6 is 22.7 Å². The Bertz CT molecular complexity index is 3690. The van der Waals surface area contributed by atoms with Gasteiger partial charge in [-0.2, -0.15) is 0 Å². The van der Waals surface area contributed by atoms with Gasteiger partial charge < -0.3 is 0 Å². The quantitative estimate of drug-likeness (QED) is 0.157. The molecule has 276 valence electrons. The Labute approximate surface area is 350 Å². The van der Waals surface area contributed by atoms with Crippen molar-refractivity contribution in [1.82, 2.24) is 0 Å². The van der Waals surface area contributed by atoms with E-state index in [9.17, 15) is 0 Å². The molecule has 0 saturated carbocycles. The van der Waals surface area contributed by atoms with Crippen molar-refractivity contribution < 1.29 is 0 Å². The van der Waals surface area contributed by atoms with E-state index in [1.165, 1.54) is 128 Å². The van der Waals surface area contributed by atoms with Crippen molar-refractivity contribution in [3.63, 3.8) is 0 Å². The zero-order chi connectivity index (χ0) is 39.0. The van der Waals surface area contributed by atoms with E-state index >= 15 is 0 Å². The smallest absolute Gasteiger partial charge is 0.0534 e. The summed E-state index contributed by atoms with van der Waals surface area (Å²) >= 11 is 3.88. The molecule has 2 heterocycles. The summed E-state index contributed by atoms with van der Waals surface area (Å²) in [5.74, 6) is 0. The predicted octanol–water partition coefficient (Wildman–Crippen LogP) is 17.2. The molecule has 0 nitrogen and oxygen atoms in total. The standard InChI is InChI=1S/C57H36S2/c1-57(2)49-21-11-9-14-37(49)47-31-35(27-30-50(47)57)53-41-18-6-4-16-39(41)52(40-17-5-7-19-42(40)53)34-25-23-33(24-26-34)46-32-48-45-29-28-44-38-15-10-12-22-51(38)58-55(44)56(45)59-54(48)43-20-8-3-13-36(43)46/h3-32H,1-2H3. The van der Waals surface area contributed by atoms with Crippen LogP contribution < -0.4 is 0 Å². The summed E-state index contributed by atoms with van der Waals surface area (Å²) in [6.07, 6.45) is 0. The topological polar surface area (TPSA) is 0 Å². The maximum atomic E-state index is 2.46. The molecule has 0 fully saturated rings. The summed E-state index contributed by atoms with van der Waals surface area (Å²) in [6, 6.07) is 68.6. The molecule has 0 saturated heterocycles. The molecular formula is C57H36S2. The number of hydrogen-bond acceptors (Lipinski definition) is 2. The van der Waals surface area contributed by atoms with Gasteiger partial charge in [-0.15, -0.1) is 22.7 Å². The van der Waals surface area contributed by atoms with Crippen LogP contribution in [0.1, 0.15) is 25.0 Å². The van der Waals surface area contributed by atoms with E-state index in [4.69, 9.17) is 0 Å². The van der Waals surface area contributed by atoms with Crippen LogP contribution in [0.25, 0.3) is 117 Å². The van der Waals surface area contributed by atoms with Crippen LogP contribution in [0.5, 0.6) is 0 Å². The molecule has 2 heteroatoms. The molecule has 1 aliphatic carbocycles. The number of benzene rings is 10. The molecule has 59 heavy (non-hydrogen) atoms. The Balaban J connectivity index is 0.985. The molecule has 1 aliphatic rings. The lowest BCUT2D eigenvalue weighted by Crippen LogP contribution is -2.14. The van der Waals surface area contributed by atoms with Crippen molar-refractivity contribution in [2.45, 2.75) is 19.3 Å². The molecule has 13 rings (SSSR count). The van der Waals surface area contributed by atoms with Gasteiger partial charge in [0.2, 0.25) is 0 Å². The summed E-state index contributed by atoms with van der Waals surface area (Å²) < 4.78 is 5.52. The van der Waals surface area contributed by atoms with Gasteiger partial charge in [0.05, 0.1) is 9.40 Å². The lowest BCUT2D eigenvalue weighted by atomic mass is 9.81. The van der Waals surface area contributed by atoms with Crippen molar-refractivity contribution in [2.24, 2.45) is 0 Å². The fourth-order valence-electron chi connectivity index (χ4n) is 10.5.